The maximum Gasteiger partial charge on any atom is 0.253 e. The van der Waals surface area contributed by atoms with Crippen LogP contribution in [0.15, 0.2) is 67.3 Å². The average molecular weight is 336 g/mol. The zero-order valence-electron chi connectivity index (χ0n) is 14.9. The fraction of sp³-hybridized carbons (Fsp3) is 0.300. The van der Waals surface area contributed by atoms with Crippen LogP contribution in [0.1, 0.15) is 42.7 Å². The van der Waals surface area contributed by atoms with Crippen molar-refractivity contribution >= 4 is 5.91 Å². The summed E-state index contributed by atoms with van der Waals surface area (Å²) in [5.74, 6) is -0.0796. The van der Waals surface area contributed by atoms with Gasteiger partial charge in [0.1, 0.15) is 0 Å². The van der Waals surface area contributed by atoms with Crippen LogP contribution in [-0.4, -0.2) is 20.3 Å². The Morgan fingerprint density at radius 3 is 2.48 bits per heavy atom. The minimum absolute atomic E-state index is 0.0492. The first-order valence-electron chi connectivity index (χ1n) is 8.45. The number of hydrogen-bond donors (Lipinski definition) is 1. The highest BCUT2D eigenvalue weighted by Gasteiger charge is 2.19. The van der Waals surface area contributed by atoms with E-state index in [1.165, 1.54) is 0 Å². The van der Waals surface area contributed by atoms with Crippen LogP contribution in [-0.2, 0) is 12.1 Å². The van der Waals surface area contributed by atoms with Crippen molar-refractivity contribution in [2.45, 2.75) is 38.9 Å². The Balaban J connectivity index is 1.80. The third kappa shape index (κ3) is 4.18. The summed E-state index contributed by atoms with van der Waals surface area (Å²) in [6.07, 6.45) is 7.48. The van der Waals surface area contributed by atoms with E-state index in [0.29, 0.717) is 12.1 Å². The highest BCUT2D eigenvalue weighted by molar-refractivity contribution is 5.94. The summed E-state index contributed by atoms with van der Waals surface area (Å²) >= 11 is 0. The Hall–Kier alpha value is -2.82. The van der Waals surface area contributed by atoms with Crippen molar-refractivity contribution in [1.29, 1.82) is 0 Å². The van der Waals surface area contributed by atoms with Gasteiger partial charge in [-0.3, -0.25) is 9.48 Å². The number of benzene rings is 1. The van der Waals surface area contributed by atoms with E-state index >= 15 is 0 Å². The van der Waals surface area contributed by atoms with Crippen LogP contribution in [0.2, 0.25) is 0 Å². The summed E-state index contributed by atoms with van der Waals surface area (Å²) in [7, 11) is 0. The lowest BCUT2D eigenvalue weighted by molar-refractivity contribution is 0.0931. The second kappa shape index (κ2) is 6.97. The first-order chi connectivity index (χ1) is 11.9. The van der Waals surface area contributed by atoms with Crippen molar-refractivity contribution in [3.05, 3.63) is 78.4 Å². The Bertz CT molecular complexity index is 813. The number of carbonyl (C=O) groups excluding carboxylic acids is 1. The third-order valence-electron chi connectivity index (χ3n) is 4.17. The summed E-state index contributed by atoms with van der Waals surface area (Å²) in [5.41, 5.74) is 1.67. The molecular weight excluding hydrogens is 312 g/mol. The zero-order valence-corrected chi connectivity index (χ0v) is 14.9. The van der Waals surface area contributed by atoms with E-state index in [2.05, 4.69) is 31.2 Å². The van der Waals surface area contributed by atoms with Gasteiger partial charge in [0.05, 0.1) is 18.2 Å². The van der Waals surface area contributed by atoms with Crippen LogP contribution < -0.4 is 5.32 Å². The molecule has 1 atom stereocenters. The van der Waals surface area contributed by atoms with Crippen LogP contribution in [0.5, 0.6) is 0 Å². The van der Waals surface area contributed by atoms with Crippen LogP contribution >= 0.6 is 0 Å². The minimum Gasteiger partial charge on any atom is -0.348 e. The second-order valence-corrected chi connectivity index (χ2v) is 7.14. The van der Waals surface area contributed by atoms with Crippen molar-refractivity contribution in [1.82, 2.24) is 19.7 Å². The molecule has 5 heteroatoms. The van der Waals surface area contributed by atoms with E-state index in [1.807, 2.05) is 70.3 Å². The highest BCUT2D eigenvalue weighted by atomic mass is 16.1. The number of hydrogen-bond acceptors (Lipinski definition) is 2. The first kappa shape index (κ1) is 17.0. The maximum atomic E-state index is 12.7. The minimum atomic E-state index is -0.147. The normalized spacial score (nSPS) is 12.8. The smallest absolute Gasteiger partial charge is 0.253 e. The van der Waals surface area contributed by atoms with Crippen molar-refractivity contribution in [2.75, 3.05) is 0 Å². The van der Waals surface area contributed by atoms with Crippen molar-refractivity contribution in [3.8, 4) is 0 Å². The van der Waals surface area contributed by atoms with Crippen molar-refractivity contribution < 1.29 is 4.79 Å². The van der Waals surface area contributed by atoms with Gasteiger partial charge in [-0.2, -0.15) is 5.10 Å². The second-order valence-electron chi connectivity index (χ2n) is 7.14. The van der Waals surface area contributed by atoms with Gasteiger partial charge in [0.15, 0.2) is 0 Å². The van der Waals surface area contributed by atoms with E-state index in [4.69, 9.17) is 0 Å². The lowest BCUT2D eigenvalue weighted by Crippen LogP contribution is -2.31. The molecule has 0 fully saturated rings. The van der Waals surface area contributed by atoms with Gasteiger partial charge in [-0.15, -0.1) is 0 Å². The van der Waals surface area contributed by atoms with Crippen LogP contribution in [0.25, 0.3) is 0 Å². The summed E-state index contributed by atoms with van der Waals surface area (Å²) in [5, 5.41) is 7.40. The average Bonchev–Trinajstić information content (AvgIpc) is 3.26. The van der Waals surface area contributed by atoms with Gasteiger partial charge < -0.3 is 9.88 Å². The van der Waals surface area contributed by atoms with Gasteiger partial charge in [-0.05, 0) is 38.5 Å². The van der Waals surface area contributed by atoms with Gasteiger partial charge in [0.25, 0.3) is 5.91 Å². The fourth-order valence-corrected chi connectivity index (χ4v) is 2.70. The molecule has 2 heterocycles. The summed E-state index contributed by atoms with van der Waals surface area (Å²) in [6.45, 7) is 6.92. The molecule has 1 amide bonds. The molecule has 0 radical (unpaired) electrons. The molecule has 3 rings (SSSR count). The summed E-state index contributed by atoms with van der Waals surface area (Å²) in [4.78, 5) is 12.7. The number of amides is 1. The molecule has 0 saturated heterocycles. The molecule has 0 aliphatic rings. The topological polar surface area (TPSA) is 51.9 Å². The molecule has 1 unspecified atom stereocenters. The van der Waals surface area contributed by atoms with Crippen molar-refractivity contribution in [3.63, 3.8) is 0 Å². The molecule has 0 bridgehead atoms. The first-order valence-corrected chi connectivity index (χ1v) is 8.45. The number of aromatic nitrogens is 3. The highest BCUT2D eigenvalue weighted by Crippen LogP contribution is 2.18. The molecular formula is C20H24N4O. The lowest BCUT2D eigenvalue weighted by Gasteiger charge is -2.21. The third-order valence-corrected chi connectivity index (χ3v) is 4.17. The number of carbonyl (C=O) groups is 1. The van der Waals surface area contributed by atoms with E-state index in [-0.39, 0.29) is 17.5 Å². The summed E-state index contributed by atoms with van der Waals surface area (Å²) < 4.78 is 3.88. The Labute approximate surface area is 148 Å². The maximum absolute atomic E-state index is 12.7. The van der Waals surface area contributed by atoms with Gasteiger partial charge >= 0.3 is 0 Å². The predicted octanol–water partition coefficient (Wildman–Crippen LogP) is 3.61. The van der Waals surface area contributed by atoms with Gasteiger partial charge in [0.2, 0.25) is 0 Å². The molecule has 25 heavy (non-hydrogen) atoms. The zero-order chi connectivity index (χ0) is 17.9. The van der Waals surface area contributed by atoms with Gasteiger partial charge in [-0.1, -0.05) is 30.3 Å². The molecule has 0 aliphatic heterocycles. The standard InChI is InChI=1S/C20H24N4O/c1-20(2,3)23-13-10-17(14-23)19(25)22-18(15-24-12-7-11-21-24)16-8-5-4-6-9-16/h4-14,18H,15H2,1-3H3,(H,22,25). The van der Waals surface area contributed by atoms with Gasteiger partial charge in [0, 0.05) is 30.3 Å². The molecule has 130 valence electrons. The molecule has 1 aromatic carbocycles. The molecule has 0 spiro atoms. The number of nitrogens with zero attached hydrogens (tertiary/aromatic N) is 3. The van der Waals surface area contributed by atoms with E-state index < -0.39 is 0 Å². The quantitative estimate of drug-likeness (QED) is 0.774. The molecule has 5 nitrogen and oxygen atoms in total. The monoisotopic (exact) mass is 336 g/mol. The van der Waals surface area contributed by atoms with Crippen LogP contribution in [0.3, 0.4) is 0 Å². The largest absolute Gasteiger partial charge is 0.348 e. The van der Waals surface area contributed by atoms with Crippen LogP contribution in [0, 0.1) is 0 Å². The number of rotatable bonds is 5. The van der Waals surface area contributed by atoms with Crippen LogP contribution in [0.4, 0.5) is 0 Å². The summed E-state index contributed by atoms with van der Waals surface area (Å²) in [6, 6.07) is 13.6. The molecule has 0 saturated carbocycles. The Morgan fingerprint density at radius 1 is 1.12 bits per heavy atom. The molecule has 3 aromatic rings. The Kier molecular flexibility index (Phi) is 4.74. The van der Waals surface area contributed by atoms with E-state index in [1.54, 1.807) is 6.20 Å². The SMILES string of the molecule is CC(C)(C)n1ccc(C(=O)NC(Cn2cccn2)c2ccccc2)c1. The lowest BCUT2D eigenvalue weighted by atomic mass is 10.1. The molecule has 0 aliphatic carbocycles. The van der Waals surface area contributed by atoms with E-state index in [9.17, 15) is 4.79 Å². The van der Waals surface area contributed by atoms with Crippen molar-refractivity contribution in [2.24, 2.45) is 0 Å². The predicted molar refractivity (Wildman–Crippen MR) is 98.3 cm³/mol. The van der Waals surface area contributed by atoms with E-state index in [0.717, 1.165) is 5.56 Å². The molecule has 1 N–H and O–H groups in total. The number of nitrogens with one attached hydrogen (secondary N) is 1. The van der Waals surface area contributed by atoms with Gasteiger partial charge in [-0.25, -0.2) is 0 Å². The molecule has 2 aromatic heterocycles. The Morgan fingerprint density at radius 2 is 1.88 bits per heavy atom. The fourth-order valence-electron chi connectivity index (χ4n) is 2.70.